The maximum absolute atomic E-state index is 11.7. The Balaban J connectivity index is 1.30. The van der Waals surface area contributed by atoms with E-state index in [0.29, 0.717) is 40.9 Å². The molecule has 0 aromatic carbocycles. The molecule has 6 heteroatoms. The maximum atomic E-state index is 11.7. The SMILES string of the molecule is C[C@H](CCC[C@@H](C)[C@H]1CCC2C3C(CC[C@@]21C)[C@@]1(C)CCC(CNCCCNCCCCN)C=C1C[C@H]3O)C(=O)O. The molecule has 6 N–H and O–H groups in total. The second-order valence-electron chi connectivity index (χ2n) is 15.1. The molecule has 6 nitrogen and oxygen atoms in total. The van der Waals surface area contributed by atoms with Crippen molar-refractivity contribution in [2.45, 2.75) is 117 Å². The van der Waals surface area contributed by atoms with Gasteiger partial charge in [0, 0.05) is 6.54 Å². The topological polar surface area (TPSA) is 108 Å². The highest BCUT2D eigenvalue weighted by Gasteiger charge is 2.61. The van der Waals surface area contributed by atoms with Gasteiger partial charge in [0.05, 0.1) is 12.0 Å². The van der Waals surface area contributed by atoms with Gasteiger partial charge >= 0.3 is 5.97 Å². The fourth-order valence-electron chi connectivity index (χ4n) is 10.1. The Morgan fingerprint density at radius 2 is 1.73 bits per heavy atom. The zero-order valence-corrected chi connectivity index (χ0v) is 26.8. The van der Waals surface area contributed by atoms with Crippen molar-refractivity contribution in [3.63, 3.8) is 0 Å². The van der Waals surface area contributed by atoms with Crippen molar-refractivity contribution in [3.8, 4) is 0 Å². The molecule has 0 amide bonds. The first-order chi connectivity index (χ1) is 19.6. The number of nitrogens with one attached hydrogen (secondary N) is 2. The van der Waals surface area contributed by atoms with Gasteiger partial charge in [0.1, 0.15) is 0 Å². The van der Waals surface area contributed by atoms with Gasteiger partial charge in [0.2, 0.25) is 0 Å². The van der Waals surface area contributed by atoms with Gasteiger partial charge in [-0.1, -0.05) is 52.2 Å². The average molecular weight is 574 g/mol. The molecular formula is C35H63N3O3. The predicted octanol–water partition coefficient (Wildman–Crippen LogP) is 5.99. The van der Waals surface area contributed by atoms with E-state index >= 15 is 0 Å². The number of nitrogens with two attached hydrogens (primary N) is 1. The van der Waals surface area contributed by atoms with Crippen molar-refractivity contribution in [1.29, 1.82) is 0 Å². The lowest BCUT2D eigenvalue weighted by Crippen LogP contribution is -2.55. The lowest BCUT2D eigenvalue weighted by molar-refractivity contribution is -0.141. The number of carboxylic acids is 1. The number of rotatable bonds is 16. The Bertz CT molecular complexity index is 879. The van der Waals surface area contributed by atoms with Crippen LogP contribution in [-0.4, -0.2) is 55.0 Å². The van der Waals surface area contributed by atoms with Crippen molar-refractivity contribution >= 4 is 5.97 Å². The molecule has 0 aromatic heterocycles. The second-order valence-corrected chi connectivity index (χ2v) is 15.1. The fraction of sp³-hybridized carbons (Fsp3) is 0.914. The van der Waals surface area contributed by atoms with E-state index in [9.17, 15) is 15.0 Å². The number of fused-ring (bicyclic) bond motifs is 5. The number of aliphatic hydroxyl groups excluding tert-OH is 1. The molecule has 236 valence electrons. The number of aliphatic carboxylic acids is 1. The van der Waals surface area contributed by atoms with Crippen molar-refractivity contribution in [1.82, 2.24) is 10.6 Å². The third kappa shape index (κ3) is 7.41. The van der Waals surface area contributed by atoms with E-state index < -0.39 is 5.97 Å². The van der Waals surface area contributed by atoms with Gasteiger partial charge in [-0.15, -0.1) is 0 Å². The summed E-state index contributed by atoms with van der Waals surface area (Å²) < 4.78 is 0. The normalized spacial score (nSPS) is 38.0. The molecule has 0 radical (unpaired) electrons. The zero-order chi connectivity index (χ0) is 29.6. The molecule has 4 unspecified atom stereocenters. The summed E-state index contributed by atoms with van der Waals surface area (Å²) in [6, 6.07) is 0. The molecule has 41 heavy (non-hydrogen) atoms. The second kappa shape index (κ2) is 14.7. The van der Waals surface area contributed by atoms with Crippen LogP contribution in [0.5, 0.6) is 0 Å². The van der Waals surface area contributed by atoms with Gasteiger partial charge < -0.3 is 26.6 Å². The van der Waals surface area contributed by atoms with Crippen LogP contribution in [-0.2, 0) is 4.79 Å². The maximum Gasteiger partial charge on any atom is 0.306 e. The van der Waals surface area contributed by atoms with Crippen LogP contribution in [0.1, 0.15) is 111 Å². The molecule has 0 spiro atoms. The fourth-order valence-corrected chi connectivity index (χ4v) is 10.1. The van der Waals surface area contributed by atoms with E-state index in [1.165, 1.54) is 44.9 Å². The summed E-state index contributed by atoms with van der Waals surface area (Å²) in [6.45, 7) is 14.4. The molecule has 0 aromatic rings. The van der Waals surface area contributed by atoms with Crippen LogP contribution in [0.2, 0.25) is 0 Å². The molecular weight excluding hydrogens is 510 g/mol. The Morgan fingerprint density at radius 1 is 0.976 bits per heavy atom. The third-order valence-corrected chi connectivity index (χ3v) is 12.6. The highest BCUT2D eigenvalue weighted by molar-refractivity contribution is 5.69. The van der Waals surface area contributed by atoms with Crippen molar-refractivity contribution < 1.29 is 15.0 Å². The highest BCUT2D eigenvalue weighted by Crippen LogP contribution is 2.68. The summed E-state index contributed by atoms with van der Waals surface area (Å²) in [7, 11) is 0. The van der Waals surface area contributed by atoms with Crippen LogP contribution in [0, 0.1) is 52.3 Å². The Labute approximate surface area is 251 Å². The summed E-state index contributed by atoms with van der Waals surface area (Å²) in [4.78, 5) is 11.3. The largest absolute Gasteiger partial charge is 0.481 e. The molecule has 3 saturated carbocycles. The first kappa shape index (κ1) is 33.0. The van der Waals surface area contributed by atoms with E-state index in [-0.39, 0.29) is 17.4 Å². The van der Waals surface area contributed by atoms with Crippen LogP contribution in [0.15, 0.2) is 11.6 Å². The van der Waals surface area contributed by atoms with Crippen LogP contribution >= 0.6 is 0 Å². The minimum Gasteiger partial charge on any atom is -0.481 e. The lowest BCUT2D eigenvalue weighted by Gasteiger charge is -2.60. The standard InChI is InChI=1S/C35H63N3O3/c1-24(9-7-10-25(2)33(40)41)28-11-12-29-32-30(14-16-35(28,29)4)34(3)15-13-26(21-27(34)22-31(32)39)23-38-20-8-19-37-18-6-5-17-36/h21,24-26,28-32,37-39H,5-20,22-23,36H2,1-4H3,(H,40,41)/t24-,25-,26?,28-,29?,30?,31-,32?,34+,35-/m1/s1. The average Bonchev–Trinajstić information content (AvgIpc) is 3.29. The number of aliphatic hydroxyl groups is 1. The Morgan fingerprint density at radius 3 is 2.49 bits per heavy atom. The van der Waals surface area contributed by atoms with Gasteiger partial charge in [-0.3, -0.25) is 4.79 Å². The number of hydrogen-bond donors (Lipinski definition) is 5. The van der Waals surface area contributed by atoms with Crippen molar-refractivity contribution in [3.05, 3.63) is 11.6 Å². The summed E-state index contributed by atoms with van der Waals surface area (Å²) in [5, 5.41) is 28.2. The van der Waals surface area contributed by atoms with E-state index in [4.69, 9.17) is 5.73 Å². The van der Waals surface area contributed by atoms with Crippen LogP contribution in [0.25, 0.3) is 0 Å². The van der Waals surface area contributed by atoms with Crippen molar-refractivity contribution in [2.75, 3.05) is 32.7 Å². The first-order valence-corrected chi connectivity index (χ1v) is 17.3. The predicted molar refractivity (Wildman–Crippen MR) is 169 cm³/mol. The van der Waals surface area contributed by atoms with Crippen molar-refractivity contribution in [2.24, 2.45) is 58.0 Å². The smallest absolute Gasteiger partial charge is 0.306 e. The molecule has 4 aliphatic rings. The minimum absolute atomic E-state index is 0.202. The molecule has 4 aliphatic carbocycles. The summed E-state index contributed by atoms with van der Waals surface area (Å²) >= 11 is 0. The van der Waals surface area contributed by atoms with E-state index in [1.54, 1.807) is 5.57 Å². The van der Waals surface area contributed by atoms with E-state index in [1.807, 2.05) is 6.92 Å². The van der Waals surface area contributed by atoms with E-state index in [2.05, 4.69) is 37.5 Å². The van der Waals surface area contributed by atoms with Crippen LogP contribution in [0.4, 0.5) is 0 Å². The van der Waals surface area contributed by atoms with Crippen LogP contribution < -0.4 is 16.4 Å². The molecule has 10 atom stereocenters. The highest BCUT2D eigenvalue weighted by atomic mass is 16.4. The van der Waals surface area contributed by atoms with Gasteiger partial charge in [0.25, 0.3) is 0 Å². The summed E-state index contributed by atoms with van der Waals surface area (Å²) in [5.41, 5.74) is 7.70. The summed E-state index contributed by atoms with van der Waals surface area (Å²) in [5.74, 6) is 2.69. The minimum atomic E-state index is -0.666. The van der Waals surface area contributed by atoms with Gasteiger partial charge in [-0.25, -0.2) is 0 Å². The molecule has 3 fully saturated rings. The van der Waals surface area contributed by atoms with Gasteiger partial charge in [0.15, 0.2) is 0 Å². The molecule has 4 rings (SSSR count). The van der Waals surface area contributed by atoms with E-state index in [0.717, 1.165) is 71.2 Å². The first-order valence-electron chi connectivity index (χ1n) is 17.3. The number of carboxylic acid groups (broad SMARTS) is 1. The van der Waals surface area contributed by atoms with Gasteiger partial charge in [-0.2, -0.15) is 0 Å². The number of carbonyl (C=O) groups is 1. The number of unbranched alkanes of at least 4 members (excludes halogenated alkanes) is 1. The Hall–Kier alpha value is -0.950. The molecule has 0 bridgehead atoms. The molecule has 0 saturated heterocycles. The Kier molecular flexibility index (Phi) is 11.8. The zero-order valence-electron chi connectivity index (χ0n) is 26.8. The number of hydrogen-bond acceptors (Lipinski definition) is 5. The quantitative estimate of drug-likeness (QED) is 0.115. The monoisotopic (exact) mass is 573 g/mol. The summed E-state index contributed by atoms with van der Waals surface area (Å²) in [6.07, 6.45) is 17.2. The third-order valence-electron chi connectivity index (χ3n) is 12.6. The van der Waals surface area contributed by atoms with Gasteiger partial charge in [-0.05, 0) is 143 Å². The molecule has 0 aliphatic heterocycles. The lowest BCUT2D eigenvalue weighted by atomic mass is 9.45. The van der Waals surface area contributed by atoms with Crippen LogP contribution in [0.3, 0.4) is 0 Å². The molecule has 0 heterocycles.